The molecule has 0 aliphatic heterocycles. The van der Waals surface area contributed by atoms with Crippen LogP contribution in [0.3, 0.4) is 0 Å². The first-order chi connectivity index (χ1) is 5.83. The lowest BCUT2D eigenvalue weighted by atomic mass is 10.2. The van der Waals surface area contributed by atoms with Crippen molar-refractivity contribution in [1.29, 1.82) is 0 Å². The van der Waals surface area contributed by atoms with E-state index in [1.165, 1.54) is 0 Å². The van der Waals surface area contributed by atoms with Crippen LogP contribution >= 0.6 is 0 Å². The smallest absolute Gasteiger partial charge is 0.257 e. The largest absolute Gasteiger partial charge is 0.392 e. The Morgan fingerprint density at radius 3 is 3.00 bits per heavy atom. The van der Waals surface area contributed by atoms with Crippen molar-refractivity contribution in [2.45, 2.75) is 6.61 Å². The molecule has 4 heteroatoms. The zero-order chi connectivity index (χ0) is 8.55. The normalized spacial score (nSPS) is 10.8. The van der Waals surface area contributed by atoms with Gasteiger partial charge in [-0.3, -0.25) is 4.79 Å². The van der Waals surface area contributed by atoms with Gasteiger partial charge in [-0.05, 0) is 6.07 Å². The fraction of sp³-hybridized carbons (Fsp3) is 0.125. The Labute approximate surface area is 67.9 Å². The maximum absolute atomic E-state index is 11.2. The van der Waals surface area contributed by atoms with Gasteiger partial charge in [-0.15, -0.1) is 0 Å². The van der Waals surface area contributed by atoms with Crippen molar-refractivity contribution in [3.05, 3.63) is 34.4 Å². The molecule has 0 saturated carbocycles. The van der Waals surface area contributed by atoms with Crippen LogP contribution in [0.2, 0.25) is 0 Å². The number of aliphatic hydroxyl groups excluding tert-OH is 1. The Morgan fingerprint density at radius 2 is 2.25 bits per heavy atom. The van der Waals surface area contributed by atoms with Crippen molar-refractivity contribution in [3.63, 3.8) is 0 Å². The zero-order valence-corrected chi connectivity index (χ0v) is 6.29. The number of H-pyrrole nitrogens is 2. The van der Waals surface area contributed by atoms with Gasteiger partial charge in [-0.2, -0.15) is 0 Å². The van der Waals surface area contributed by atoms with Gasteiger partial charge in [0.2, 0.25) is 0 Å². The van der Waals surface area contributed by atoms with Crippen LogP contribution in [0.1, 0.15) is 5.56 Å². The number of aromatic amines is 2. The van der Waals surface area contributed by atoms with E-state index in [1.54, 1.807) is 18.5 Å². The third-order valence-corrected chi connectivity index (χ3v) is 1.85. The lowest BCUT2D eigenvalue weighted by Gasteiger charge is -1.90. The van der Waals surface area contributed by atoms with E-state index >= 15 is 0 Å². The van der Waals surface area contributed by atoms with E-state index in [4.69, 9.17) is 5.11 Å². The van der Waals surface area contributed by atoms with Crippen LogP contribution in [0.15, 0.2) is 23.3 Å². The predicted molar refractivity (Wildman–Crippen MR) is 44.8 cm³/mol. The average Bonchev–Trinajstić information content (AvgIpc) is 2.49. The highest BCUT2D eigenvalue weighted by molar-refractivity contribution is 5.81. The maximum atomic E-state index is 11.2. The third-order valence-electron chi connectivity index (χ3n) is 1.85. The summed E-state index contributed by atoms with van der Waals surface area (Å²) in [5.74, 6) is 0. The van der Waals surface area contributed by atoms with Crippen molar-refractivity contribution in [2.75, 3.05) is 0 Å². The lowest BCUT2D eigenvalue weighted by molar-refractivity contribution is 0.283. The van der Waals surface area contributed by atoms with E-state index in [1.807, 2.05) is 0 Å². The molecule has 0 unspecified atom stereocenters. The summed E-state index contributed by atoms with van der Waals surface area (Å²) in [5.41, 5.74) is 1.22. The first-order valence-corrected chi connectivity index (χ1v) is 3.61. The maximum Gasteiger partial charge on any atom is 0.257 e. The van der Waals surface area contributed by atoms with Gasteiger partial charge in [0.1, 0.15) is 0 Å². The molecule has 0 saturated heterocycles. The molecule has 0 aromatic carbocycles. The van der Waals surface area contributed by atoms with E-state index < -0.39 is 0 Å². The van der Waals surface area contributed by atoms with E-state index in [0.717, 1.165) is 5.52 Å². The molecule has 0 bridgehead atoms. The Kier molecular flexibility index (Phi) is 1.48. The molecule has 0 spiro atoms. The number of nitrogens with one attached hydrogen (secondary N) is 2. The van der Waals surface area contributed by atoms with E-state index in [-0.39, 0.29) is 12.2 Å². The van der Waals surface area contributed by atoms with Crippen LogP contribution in [0.4, 0.5) is 0 Å². The van der Waals surface area contributed by atoms with Crippen molar-refractivity contribution < 1.29 is 5.11 Å². The summed E-state index contributed by atoms with van der Waals surface area (Å²) in [5, 5.41) is 9.42. The van der Waals surface area contributed by atoms with Gasteiger partial charge < -0.3 is 15.1 Å². The SMILES string of the molecule is O=c1[nH]ccc2[nH]cc(CO)c12. The number of fused-ring (bicyclic) bond motifs is 1. The van der Waals surface area contributed by atoms with E-state index in [2.05, 4.69) is 9.97 Å². The second kappa shape index (κ2) is 2.49. The van der Waals surface area contributed by atoms with Crippen molar-refractivity contribution >= 4 is 10.9 Å². The van der Waals surface area contributed by atoms with Crippen LogP contribution in [0.5, 0.6) is 0 Å². The van der Waals surface area contributed by atoms with Gasteiger partial charge >= 0.3 is 0 Å². The van der Waals surface area contributed by atoms with Crippen LogP contribution < -0.4 is 5.56 Å². The van der Waals surface area contributed by atoms with Crippen molar-refractivity contribution in [3.8, 4) is 0 Å². The molecule has 62 valence electrons. The lowest BCUT2D eigenvalue weighted by Crippen LogP contribution is -2.04. The monoisotopic (exact) mass is 164 g/mol. The summed E-state index contributed by atoms with van der Waals surface area (Å²) in [6.45, 7) is -0.118. The van der Waals surface area contributed by atoms with E-state index in [9.17, 15) is 4.79 Å². The zero-order valence-electron chi connectivity index (χ0n) is 6.29. The Bertz CT molecular complexity index is 455. The molecular formula is C8H8N2O2. The molecule has 12 heavy (non-hydrogen) atoms. The second-order valence-corrected chi connectivity index (χ2v) is 2.57. The molecule has 0 aliphatic rings. The summed E-state index contributed by atoms with van der Waals surface area (Å²) in [6, 6.07) is 1.76. The van der Waals surface area contributed by atoms with Gasteiger partial charge in [-0.1, -0.05) is 0 Å². The highest BCUT2D eigenvalue weighted by atomic mass is 16.3. The van der Waals surface area contributed by atoms with Gasteiger partial charge in [0, 0.05) is 18.0 Å². The van der Waals surface area contributed by atoms with Crippen molar-refractivity contribution in [1.82, 2.24) is 9.97 Å². The number of pyridine rings is 1. The number of aromatic nitrogens is 2. The average molecular weight is 164 g/mol. The minimum atomic E-state index is -0.169. The minimum Gasteiger partial charge on any atom is -0.392 e. The van der Waals surface area contributed by atoms with Gasteiger partial charge in [0.25, 0.3) is 5.56 Å². The predicted octanol–water partition coefficient (Wildman–Crippen LogP) is 0.349. The molecule has 3 N–H and O–H groups in total. The number of hydrogen-bond acceptors (Lipinski definition) is 2. The van der Waals surface area contributed by atoms with Gasteiger partial charge in [0.05, 0.1) is 17.5 Å². The fourth-order valence-corrected chi connectivity index (χ4v) is 1.28. The summed E-state index contributed by atoms with van der Waals surface area (Å²) in [7, 11) is 0. The Balaban J connectivity index is 2.92. The Morgan fingerprint density at radius 1 is 1.42 bits per heavy atom. The molecular weight excluding hydrogens is 156 g/mol. The molecule has 2 rings (SSSR count). The highest BCUT2D eigenvalue weighted by Gasteiger charge is 2.04. The summed E-state index contributed by atoms with van der Waals surface area (Å²) < 4.78 is 0. The molecule has 2 aromatic rings. The van der Waals surface area contributed by atoms with Crippen molar-refractivity contribution in [2.24, 2.45) is 0 Å². The fourth-order valence-electron chi connectivity index (χ4n) is 1.28. The third kappa shape index (κ3) is 0.853. The first-order valence-electron chi connectivity index (χ1n) is 3.61. The standard InChI is InChI=1S/C8H8N2O2/c11-4-5-3-10-6-1-2-9-8(12)7(5)6/h1-3,10-11H,4H2,(H,9,12). The molecule has 4 nitrogen and oxygen atoms in total. The van der Waals surface area contributed by atoms with Crippen LogP contribution in [-0.2, 0) is 6.61 Å². The summed E-state index contributed by atoms with van der Waals surface area (Å²) in [4.78, 5) is 16.7. The molecule has 0 fully saturated rings. The topological polar surface area (TPSA) is 68.9 Å². The quantitative estimate of drug-likeness (QED) is 0.569. The molecule has 2 aromatic heterocycles. The molecule has 2 heterocycles. The number of rotatable bonds is 1. The molecule has 0 radical (unpaired) electrons. The van der Waals surface area contributed by atoms with Crippen LogP contribution in [0.25, 0.3) is 10.9 Å². The van der Waals surface area contributed by atoms with Crippen LogP contribution in [-0.4, -0.2) is 15.1 Å². The number of hydrogen-bond donors (Lipinski definition) is 3. The van der Waals surface area contributed by atoms with Gasteiger partial charge in [-0.25, -0.2) is 0 Å². The van der Waals surface area contributed by atoms with Gasteiger partial charge in [0.15, 0.2) is 0 Å². The molecule has 0 aliphatic carbocycles. The molecule has 0 atom stereocenters. The molecule has 0 amide bonds. The van der Waals surface area contributed by atoms with E-state index in [0.29, 0.717) is 10.9 Å². The van der Waals surface area contributed by atoms with Crippen LogP contribution in [0, 0.1) is 0 Å². The minimum absolute atomic E-state index is 0.118. The second-order valence-electron chi connectivity index (χ2n) is 2.57. The Hall–Kier alpha value is -1.55. The highest BCUT2D eigenvalue weighted by Crippen LogP contribution is 2.11. The number of aliphatic hydroxyl groups is 1. The summed E-state index contributed by atoms with van der Waals surface area (Å²) >= 11 is 0. The summed E-state index contributed by atoms with van der Waals surface area (Å²) in [6.07, 6.45) is 3.21. The first kappa shape index (κ1) is 7.12.